The summed E-state index contributed by atoms with van der Waals surface area (Å²) in [6.07, 6.45) is 5.05. The molecule has 0 aliphatic heterocycles. The predicted octanol–water partition coefficient (Wildman–Crippen LogP) is 3.94. The number of fused-ring (bicyclic) bond motifs is 1. The molecule has 0 aliphatic carbocycles. The van der Waals surface area contributed by atoms with Gasteiger partial charge in [-0.25, -0.2) is 14.5 Å². The lowest BCUT2D eigenvalue weighted by molar-refractivity contribution is 0.108. The van der Waals surface area contributed by atoms with Crippen LogP contribution in [0.5, 0.6) is 0 Å². The molecule has 19 heavy (non-hydrogen) atoms. The number of halogens is 4. The minimum absolute atomic E-state index is 0.166. The van der Waals surface area contributed by atoms with E-state index in [1.165, 1.54) is 6.20 Å². The maximum Gasteiger partial charge on any atom is 0.222 e. The summed E-state index contributed by atoms with van der Waals surface area (Å²) in [6, 6.07) is 5.77. The maximum atomic E-state index is 8.00. The quantitative estimate of drug-likeness (QED) is 0.640. The van der Waals surface area contributed by atoms with Crippen LogP contribution in [0.2, 0.25) is 10.3 Å². The van der Waals surface area contributed by atoms with Crippen LogP contribution in [0.3, 0.4) is 0 Å². The lowest BCUT2D eigenvalue weighted by Crippen LogP contribution is -1.89. The zero-order valence-corrected chi connectivity index (χ0v) is 10.8. The highest BCUT2D eigenvalue weighted by atomic mass is 35.5. The van der Waals surface area contributed by atoms with Gasteiger partial charge in [0, 0.05) is 20.9 Å². The van der Waals surface area contributed by atoms with Gasteiger partial charge in [0.25, 0.3) is 0 Å². The van der Waals surface area contributed by atoms with Gasteiger partial charge in [0.15, 0.2) is 0 Å². The molecule has 3 aromatic heterocycles. The standard InChI is InChI=1S/C11H6Cl2N4.F2/c12-8-6-14-11(13)16-10(8)7-5-15-17-4-2-1-3-9(7)17;1-2/h1-6H;. The Labute approximate surface area is 116 Å². The van der Waals surface area contributed by atoms with Crippen molar-refractivity contribution in [2.45, 2.75) is 0 Å². The van der Waals surface area contributed by atoms with E-state index in [-0.39, 0.29) is 5.28 Å². The largest absolute Gasteiger partial charge is 0.240 e. The molecular formula is C11H6Cl2F2N4. The molecule has 3 heterocycles. The van der Waals surface area contributed by atoms with Crippen LogP contribution in [0.4, 0.5) is 9.15 Å². The number of rotatable bonds is 1. The third-order valence-electron chi connectivity index (χ3n) is 2.40. The highest BCUT2D eigenvalue weighted by molar-refractivity contribution is 6.33. The van der Waals surface area contributed by atoms with E-state index < -0.39 is 0 Å². The van der Waals surface area contributed by atoms with Gasteiger partial charge in [-0.2, -0.15) is 5.10 Å². The zero-order chi connectivity index (χ0) is 13.8. The van der Waals surface area contributed by atoms with Gasteiger partial charge in [0.05, 0.1) is 28.6 Å². The average Bonchev–Trinajstić information content (AvgIpc) is 2.88. The minimum Gasteiger partial charge on any atom is -0.240 e. The molecule has 0 saturated heterocycles. The molecule has 4 nitrogen and oxygen atoms in total. The molecule has 0 amide bonds. The van der Waals surface area contributed by atoms with Crippen molar-refractivity contribution in [1.82, 2.24) is 19.6 Å². The molecule has 0 N–H and O–H groups in total. The maximum absolute atomic E-state index is 8.00. The van der Waals surface area contributed by atoms with Crippen molar-refractivity contribution in [1.29, 1.82) is 0 Å². The van der Waals surface area contributed by atoms with Gasteiger partial charge in [-0.05, 0) is 23.7 Å². The molecule has 0 saturated carbocycles. The summed E-state index contributed by atoms with van der Waals surface area (Å²) in [7, 11) is 0. The molecule has 0 atom stereocenters. The van der Waals surface area contributed by atoms with Crippen LogP contribution in [0.1, 0.15) is 0 Å². The summed E-state index contributed by atoms with van der Waals surface area (Å²) < 4.78 is 17.8. The fourth-order valence-electron chi connectivity index (χ4n) is 1.65. The Balaban J connectivity index is 0.000000637. The van der Waals surface area contributed by atoms with E-state index in [1.54, 1.807) is 10.7 Å². The molecule has 0 aliphatic rings. The van der Waals surface area contributed by atoms with Crippen LogP contribution in [0.15, 0.2) is 36.8 Å². The second kappa shape index (κ2) is 5.90. The van der Waals surface area contributed by atoms with E-state index in [4.69, 9.17) is 32.4 Å². The first kappa shape index (κ1) is 13.6. The zero-order valence-electron chi connectivity index (χ0n) is 9.26. The van der Waals surface area contributed by atoms with Gasteiger partial charge < -0.3 is 0 Å². The average molecular weight is 303 g/mol. The fraction of sp³-hybridized carbons (Fsp3) is 0. The summed E-state index contributed by atoms with van der Waals surface area (Å²) >= 11 is 11.8. The first-order valence-electron chi connectivity index (χ1n) is 5.01. The van der Waals surface area contributed by atoms with Gasteiger partial charge >= 0.3 is 0 Å². The summed E-state index contributed by atoms with van der Waals surface area (Å²) in [5, 5.41) is 4.84. The second-order valence-electron chi connectivity index (χ2n) is 3.42. The Morgan fingerprint density at radius 3 is 2.68 bits per heavy atom. The molecule has 0 fully saturated rings. The van der Waals surface area contributed by atoms with E-state index in [9.17, 15) is 0 Å². The summed E-state index contributed by atoms with van der Waals surface area (Å²) in [5.41, 5.74) is 2.34. The molecule has 0 spiro atoms. The molecule has 0 aromatic carbocycles. The lowest BCUT2D eigenvalue weighted by atomic mass is 10.2. The van der Waals surface area contributed by atoms with Crippen LogP contribution < -0.4 is 0 Å². The highest BCUT2D eigenvalue weighted by Gasteiger charge is 2.12. The van der Waals surface area contributed by atoms with E-state index in [1.807, 2.05) is 24.4 Å². The van der Waals surface area contributed by atoms with Crippen LogP contribution in [0, 0.1) is 0 Å². The predicted molar refractivity (Wildman–Crippen MR) is 68.5 cm³/mol. The van der Waals surface area contributed by atoms with Gasteiger partial charge in [-0.3, -0.25) is 0 Å². The van der Waals surface area contributed by atoms with Crippen molar-refractivity contribution < 1.29 is 9.15 Å². The molecule has 0 radical (unpaired) electrons. The molecule has 8 heteroatoms. The first-order chi connectivity index (χ1) is 9.25. The highest BCUT2D eigenvalue weighted by Crippen LogP contribution is 2.29. The topological polar surface area (TPSA) is 43.1 Å². The molecule has 0 bridgehead atoms. The van der Waals surface area contributed by atoms with Crippen molar-refractivity contribution >= 4 is 28.7 Å². The number of nitrogens with zero attached hydrogens (tertiary/aromatic N) is 4. The molecule has 98 valence electrons. The molecular weight excluding hydrogens is 297 g/mol. The molecule has 0 unspecified atom stereocenters. The van der Waals surface area contributed by atoms with E-state index in [0.717, 1.165) is 11.1 Å². The van der Waals surface area contributed by atoms with Gasteiger partial charge in [-0.1, -0.05) is 17.7 Å². The second-order valence-corrected chi connectivity index (χ2v) is 4.17. The van der Waals surface area contributed by atoms with Gasteiger partial charge in [-0.15, -0.1) is 0 Å². The summed E-state index contributed by atoms with van der Waals surface area (Å²) in [6.45, 7) is 0. The Hall–Kier alpha value is -1.79. The van der Waals surface area contributed by atoms with Gasteiger partial charge in [0.2, 0.25) is 5.28 Å². The van der Waals surface area contributed by atoms with Crippen molar-refractivity contribution in [2.24, 2.45) is 0 Å². The van der Waals surface area contributed by atoms with E-state index >= 15 is 0 Å². The van der Waals surface area contributed by atoms with Crippen LogP contribution in [-0.4, -0.2) is 19.6 Å². The minimum atomic E-state index is 0.166. The fourth-order valence-corrected chi connectivity index (χ4v) is 1.98. The Kier molecular flexibility index (Phi) is 4.24. The monoisotopic (exact) mass is 302 g/mol. The lowest BCUT2D eigenvalue weighted by Gasteiger charge is -2.01. The first-order valence-corrected chi connectivity index (χ1v) is 5.76. The van der Waals surface area contributed by atoms with Crippen LogP contribution in [0.25, 0.3) is 16.8 Å². The Bertz CT molecular complexity index is 702. The number of hydrogen-bond donors (Lipinski definition) is 0. The smallest absolute Gasteiger partial charge is 0.222 e. The van der Waals surface area contributed by atoms with E-state index in [0.29, 0.717) is 10.7 Å². The van der Waals surface area contributed by atoms with Crippen molar-refractivity contribution in [3.8, 4) is 11.3 Å². The third kappa shape index (κ3) is 2.64. The van der Waals surface area contributed by atoms with E-state index in [2.05, 4.69) is 15.1 Å². The summed E-state index contributed by atoms with van der Waals surface area (Å²) in [4.78, 5) is 7.96. The van der Waals surface area contributed by atoms with Crippen LogP contribution in [-0.2, 0) is 0 Å². The number of pyridine rings is 1. The summed E-state index contributed by atoms with van der Waals surface area (Å²) in [5.74, 6) is 0. The SMILES string of the molecule is Clc1ncc(Cl)c(-c2cnn3ccccc23)n1.FF. The Morgan fingerprint density at radius 2 is 1.89 bits per heavy atom. The third-order valence-corrected chi connectivity index (χ3v) is 2.86. The van der Waals surface area contributed by atoms with Gasteiger partial charge in [0.1, 0.15) is 0 Å². The van der Waals surface area contributed by atoms with Crippen LogP contribution >= 0.6 is 23.2 Å². The number of hydrogen-bond acceptors (Lipinski definition) is 3. The molecule has 3 aromatic rings. The van der Waals surface area contributed by atoms with Crippen molar-refractivity contribution in [3.63, 3.8) is 0 Å². The van der Waals surface area contributed by atoms with Crippen molar-refractivity contribution in [2.75, 3.05) is 0 Å². The molecule has 3 rings (SSSR count). The number of aromatic nitrogens is 4. The Morgan fingerprint density at radius 1 is 1.11 bits per heavy atom. The normalized spacial score (nSPS) is 10.1. The van der Waals surface area contributed by atoms with Crippen molar-refractivity contribution in [3.05, 3.63) is 47.1 Å².